The van der Waals surface area contributed by atoms with Crippen molar-refractivity contribution in [3.63, 3.8) is 0 Å². The van der Waals surface area contributed by atoms with Crippen molar-refractivity contribution >= 4 is 17.5 Å². The normalized spacial score (nSPS) is 10.0. The monoisotopic (exact) mass is 318 g/mol. The Morgan fingerprint density at radius 1 is 1.13 bits per heavy atom. The van der Waals surface area contributed by atoms with Crippen molar-refractivity contribution in [1.82, 2.24) is 5.32 Å². The molecule has 2 amide bonds. The number of methoxy groups -OCH3 is 2. The Labute approximate surface area is 133 Å². The molecule has 0 bridgehead atoms. The molecule has 0 aliphatic carbocycles. The first-order valence-electron chi connectivity index (χ1n) is 6.96. The summed E-state index contributed by atoms with van der Waals surface area (Å²) in [5.41, 5.74) is 1.34. The molecule has 0 aliphatic heterocycles. The fraction of sp³-hybridized carbons (Fsp3) is 0.250. The minimum atomic E-state index is -0.763. The van der Waals surface area contributed by atoms with Gasteiger partial charge in [-0.05, 0) is 30.2 Å². The average molecular weight is 318 g/mol. The number of amides is 2. The largest absolute Gasteiger partial charge is 0.497 e. The van der Waals surface area contributed by atoms with Gasteiger partial charge in [-0.2, -0.15) is 0 Å². The lowest BCUT2D eigenvalue weighted by Gasteiger charge is -2.11. The van der Waals surface area contributed by atoms with Crippen LogP contribution in [0.15, 0.2) is 41.2 Å². The van der Waals surface area contributed by atoms with Crippen LogP contribution < -0.4 is 20.1 Å². The van der Waals surface area contributed by atoms with Crippen LogP contribution in [0.25, 0.3) is 0 Å². The standard InChI is InChI=1S/C16H18N2O5/c1-21-12-3-4-13(14(9-12)22-2)18-16(20)15(19)17-7-5-11-6-8-23-10-11/h3-4,6,8-10H,5,7H2,1-2H3,(H,17,19)(H,18,20). The van der Waals surface area contributed by atoms with Crippen molar-refractivity contribution < 1.29 is 23.5 Å². The molecule has 2 rings (SSSR count). The molecule has 122 valence electrons. The fourth-order valence-corrected chi connectivity index (χ4v) is 1.92. The van der Waals surface area contributed by atoms with Gasteiger partial charge in [-0.15, -0.1) is 0 Å². The predicted octanol–water partition coefficient (Wildman–Crippen LogP) is 1.59. The Kier molecular flexibility index (Phi) is 5.62. The summed E-state index contributed by atoms with van der Waals surface area (Å²) >= 11 is 0. The molecule has 0 atom stereocenters. The first kappa shape index (κ1) is 16.4. The molecule has 2 aromatic rings. The second kappa shape index (κ2) is 7.88. The summed E-state index contributed by atoms with van der Waals surface area (Å²) < 4.78 is 15.2. The van der Waals surface area contributed by atoms with E-state index >= 15 is 0 Å². The second-order valence-electron chi connectivity index (χ2n) is 4.66. The zero-order chi connectivity index (χ0) is 16.7. The number of rotatable bonds is 6. The minimum Gasteiger partial charge on any atom is -0.497 e. The van der Waals surface area contributed by atoms with Crippen LogP contribution in [0.3, 0.4) is 0 Å². The molecule has 1 aromatic heterocycles. The van der Waals surface area contributed by atoms with Crippen molar-refractivity contribution in [2.75, 3.05) is 26.1 Å². The molecule has 0 radical (unpaired) electrons. The molecule has 0 saturated heterocycles. The van der Waals surface area contributed by atoms with Crippen molar-refractivity contribution in [1.29, 1.82) is 0 Å². The average Bonchev–Trinajstić information content (AvgIpc) is 3.08. The maximum atomic E-state index is 11.9. The lowest BCUT2D eigenvalue weighted by molar-refractivity contribution is -0.136. The van der Waals surface area contributed by atoms with Gasteiger partial charge in [0.05, 0.1) is 32.4 Å². The van der Waals surface area contributed by atoms with Gasteiger partial charge >= 0.3 is 11.8 Å². The van der Waals surface area contributed by atoms with Crippen LogP contribution in [-0.2, 0) is 16.0 Å². The van der Waals surface area contributed by atoms with Gasteiger partial charge in [0, 0.05) is 12.6 Å². The maximum absolute atomic E-state index is 11.9. The van der Waals surface area contributed by atoms with Gasteiger partial charge in [0.15, 0.2) is 0 Å². The molecule has 0 fully saturated rings. The van der Waals surface area contributed by atoms with E-state index in [1.54, 1.807) is 36.8 Å². The van der Waals surface area contributed by atoms with Crippen molar-refractivity contribution in [2.24, 2.45) is 0 Å². The summed E-state index contributed by atoms with van der Waals surface area (Å²) in [7, 11) is 3.00. The predicted molar refractivity (Wildman–Crippen MR) is 83.6 cm³/mol. The number of anilines is 1. The van der Waals surface area contributed by atoms with Crippen LogP contribution >= 0.6 is 0 Å². The van der Waals surface area contributed by atoms with Crippen LogP contribution in [0.5, 0.6) is 11.5 Å². The van der Waals surface area contributed by atoms with Crippen LogP contribution in [0.1, 0.15) is 5.56 Å². The van der Waals surface area contributed by atoms with E-state index in [-0.39, 0.29) is 0 Å². The van der Waals surface area contributed by atoms with Crippen LogP contribution in [-0.4, -0.2) is 32.6 Å². The number of carbonyl (C=O) groups excluding carboxylic acids is 2. The summed E-state index contributed by atoms with van der Waals surface area (Å²) in [5, 5.41) is 5.05. The zero-order valence-electron chi connectivity index (χ0n) is 12.9. The summed E-state index contributed by atoms with van der Waals surface area (Å²) in [6.07, 6.45) is 3.73. The van der Waals surface area contributed by atoms with Crippen molar-refractivity contribution in [2.45, 2.75) is 6.42 Å². The third kappa shape index (κ3) is 4.50. The number of hydrogen-bond acceptors (Lipinski definition) is 5. The molecule has 7 heteroatoms. The molecule has 0 unspecified atom stereocenters. The van der Waals surface area contributed by atoms with Gasteiger partial charge in [0.2, 0.25) is 0 Å². The molecule has 23 heavy (non-hydrogen) atoms. The topological polar surface area (TPSA) is 89.8 Å². The van der Waals surface area contributed by atoms with Gasteiger partial charge in [0.25, 0.3) is 0 Å². The summed E-state index contributed by atoms with van der Waals surface area (Å²) in [6, 6.07) is 6.68. The first-order chi connectivity index (χ1) is 11.1. The Morgan fingerprint density at radius 3 is 2.61 bits per heavy atom. The molecule has 2 N–H and O–H groups in total. The van der Waals surface area contributed by atoms with E-state index in [0.717, 1.165) is 5.56 Å². The van der Waals surface area contributed by atoms with E-state index in [4.69, 9.17) is 13.9 Å². The highest BCUT2D eigenvalue weighted by atomic mass is 16.5. The van der Waals surface area contributed by atoms with Gasteiger partial charge in [-0.25, -0.2) is 0 Å². The van der Waals surface area contributed by atoms with Crippen LogP contribution in [0.4, 0.5) is 5.69 Å². The lowest BCUT2D eigenvalue weighted by Crippen LogP contribution is -2.36. The highest BCUT2D eigenvalue weighted by molar-refractivity contribution is 6.39. The molecule has 0 saturated carbocycles. The lowest BCUT2D eigenvalue weighted by atomic mass is 10.2. The quantitative estimate of drug-likeness (QED) is 0.790. The van der Waals surface area contributed by atoms with E-state index in [9.17, 15) is 9.59 Å². The Hall–Kier alpha value is -2.96. The summed E-state index contributed by atoms with van der Waals surface area (Å²) in [4.78, 5) is 23.7. The van der Waals surface area contributed by atoms with Crippen molar-refractivity contribution in [3.8, 4) is 11.5 Å². The van der Waals surface area contributed by atoms with Crippen LogP contribution in [0, 0.1) is 0 Å². The number of nitrogens with one attached hydrogen (secondary N) is 2. The fourth-order valence-electron chi connectivity index (χ4n) is 1.92. The van der Waals surface area contributed by atoms with E-state index in [1.807, 2.05) is 0 Å². The molecular weight excluding hydrogens is 300 g/mol. The molecular formula is C16H18N2O5. The molecule has 1 heterocycles. The zero-order valence-corrected chi connectivity index (χ0v) is 12.9. The van der Waals surface area contributed by atoms with E-state index in [1.165, 1.54) is 14.2 Å². The summed E-state index contributed by atoms with van der Waals surface area (Å²) in [5.74, 6) is -0.486. The van der Waals surface area contributed by atoms with Gasteiger partial charge in [-0.1, -0.05) is 0 Å². The summed E-state index contributed by atoms with van der Waals surface area (Å²) in [6.45, 7) is 0.339. The Bertz CT molecular complexity index is 667. The van der Waals surface area contributed by atoms with Gasteiger partial charge in [0.1, 0.15) is 11.5 Å². The SMILES string of the molecule is COc1ccc(NC(=O)C(=O)NCCc2ccoc2)c(OC)c1. The second-order valence-corrected chi connectivity index (χ2v) is 4.66. The number of benzene rings is 1. The smallest absolute Gasteiger partial charge is 0.313 e. The Balaban J connectivity index is 1.89. The third-order valence-corrected chi connectivity index (χ3v) is 3.14. The maximum Gasteiger partial charge on any atom is 0.313 e. The number of hydrogen-bond donors (Lipinski definition) is 2. The number of carbonyl (C=O) groups is 2. The molecule has 7 nitrogen and oxygen atoms in total. The highest BCUT2D eigenvalue weighted by Gasteiger charge is 2.15. The molecule has 1 aromatic carbocycles. The molecule has 0 spiro atoms. The van der Waals surface area contributed by atoms with E-state index in [2.05, 4.69) is 10.6 Å². The number of ether oxygens (including phenoxy) is 2. The first-order valence-corrected chi connectivity index (χ1v) is 6.96. The minimum absolute atomic E-state index is 0.339. The highest BCUT2D eigenvalue weighted by Crippen LogP contribution is 2.28. The van der Waals surface area contributed by atoms with E-state index < -0.39 is 11.8 Å². The van der Waals surface area contributed by atoms with E-state index in [0.29, 0.717) is 30.2 Å². The number of furan rings is 1. The van der Waals surface area contributed by atoms with Gasteiger partial charge in [-0.3, -0.25) is 9.59 Å². The van der Waals surface area contributed by atoms with Gasteiger partial charge < -0.3 is 24.5 Å². The van der Waals surface area contributed by atoms with Crippen molar-refractivity contribution in [3.05, 3.63) is 42.4 Å². The van der Waals surface area contributed by atoms with Crippen LogP contribution in [0.2, 0.25) is 0 Å². The molecule has 0 aliphatic rings. The Morgan fingerprint density at radius 2 is 1.96 bits per heavy atom. The third-order valence-electron chi connectivity index (χ3n) is 3.14.